The molecule has 1 unspecified atom stereocenters. The van der Waals surface area contributed by atoms with Gasteiger partial charge in [-0.15, -0.1) is 0 Å². The maximum absolute atomic E-state index is 10.9. The Bertz CT molecular complexity index is 253. The van der Waals surface area contributed by atoms with Crippen molar-refractivity contribution < 1.29 is 9.90 Å². The van der Waals surface area contributed by atoms with Gasteiger partial charge in [-0.25, -0.2) is 0 Å². The maximum atomic E-state index is 10.9. The molecule has 114 valence electrons. The van der Waals surface area contributed by atoms with Crippen LogP contribution in [0.15, 0.2) is 0 Å². The van der Waals surface area contributed by atoms with Gasteiger partial charge < -0.3 is 15.7 Å². The summed E-state index contributed by atoms with van der Waals surface area (Å²) in [5.41, 5.74) is 4.64. The highest BCUT2D eigenvalue weighted by molar-refractivity contribution is 5.77. The van der Waals surface area contributed by atoms with Gasteiger partial charge in [0.1, 0.15) is 5.54 Å². The Hall–Kier alpha value is -0.610. The zero-order chi connectivity index (χ0) is 15.1. The molecule has 0 aromatic carbocycles. The van der Waals surface area contributed by atoms with Crippen molar-refractivity contribution in [1.82, 2.24) is 4.90 Å². The molecule has 0 saturated carbocycles. The Balaban J connectivity index is 4.02. The molecule has 0 aliphatic carbocycles. The third-order valence-electron chi connectivity index (χ3n) is 3.16. The van der Waals surface area contributed by atoms with Crippen molar-refractivity contribution >= 4 is 5.97 Å². The molecule has 0 bridgehead atoms. The fourth-order valence-corrected chi connectivity index (χ4v) is 2.22. The van der Waals surface area contributed by atoms with Crippen LogP contribution in [0.3, 0.4) is 0 Å². The van der Waals surface area contributed by atoms with Crippen LogP contribution in [0.5, 0.6) is 0 Å². The summed E-state index contributed by atoms with van der Waals surface area (Å²) in [5, 5.41) is 8.95. The van der Waals surface area contributed by atoms with E-state index in [0.29, 0.717) is 18.3 Å². The number of aliphatic carboxylic acids is 1. The van der Waals surface area contributed by atoms with E-state index in [1.807, 2.05) is 0 Å². The van der Waals surface area contributed by atoms with E-state index < -0.39 is 11.5 Å². The van der Waals surface area contributed by atoms with E-state index in [1.54, 1.807) is 6.92 Å². The van der Waals surface area contributed by atoms with Crippen LogP contribution in [-0.2, 0) is 4.79 Å². The minimum Gasteiger partial charge on any atom is -0.480 e. The van der Waals surface area contributed by atoms with E-state index in [4.69, 9.17) is 10.8 Å². The van der Waals surface area contributed by atoms with Crippen LogP contribution >= 0.6 is 0 Å². The molecule has 0 aliphatic rings. The van der Waals surface area contributed by atoms with Gasteiger partial charge >= 0.3 is 5.97 Å². The number of hydrogen-bond acceptors (Lipinski definition) is 3. The fraction of sp³-hybridized carbons (Fsp3) is 0.933. The number of carboxylic acids is 1. The van der Waals surface area contributed by atoms with Crippen LogP contribution < -0.4 is 5.73 Å². The average molecular weight is 272 g/mol. The molecule has 0 rings (SSSR count). The summed E-state index contributed by atoms with van der Waals surface area (Å²) in [5.74, 6) is 0.420. The molecule has 3 N–H and O–H groups in total. The zero-order valence-electron chi connectivity index (χ0n) is 13.3. The Labute approximate surface area is 118 Å². The van der Waals surface area contributed by atoms with Crippen LogP contribution in [-0.4, -0.2) is 41.1 Å². The Morgan fingerprint density at radius 2 is 1.63 bits per heavy atom. The first-order valence-corrected chi connectivity index (χ1v) is 7.39. The van der Waals surface area contributed by atoms with Crippen LogP contribution in [0.2, 0.25) is 0 Å². The molecule has 19 heavy (non-hydrogen) atoms. The van der Waals surface area contributed by atoms with Gasteiger partial charge in [0.2, 0.25) is 0 Å². The third-order valence-corrected chi connectivity index (χ3v) is 3.16. The van der Waals surface area contributed by atoms with Gasteiger partial charge in [0.25, 0.3) is 0 Å². The SMILES string of the molecule is CC(C)CN(CCCCC(C)(N)C(=O)O)CC(C)C. The van der Waals surface area contributed by atoms with E-state index >= 15 is 0 Å². The van der Waals surface area contributed by atoms with Gasteiger partial charge in [0.05, 0.1) is 0 Å². The van der Waals surface area contributed by atoms with Crippen LogP contribution in [0, 0.1) is 11.8 Å². The summed E-state index contributed by atoms with van der Waals surface area (Å²) in [6.45, 7) is 13.8. The molecule has 0 spiro atoms. The molecular formula is C15H32N2O2. The van der Waals surface area contributed by atoms with Crippen molar-refractivity contribution in [2.24, 2.45) is 17.6 Å². The van der Waals surface area contributed by atoms with Gasteiger partial charge in [-0.1, -0.05) is 27.7 Å². The number of nitrogens with two attached hydrogens (primary N) is 1. The summed E-state index contributed by atoms with van der Waals surface area (Å²) >= 11 is 0. The fourth-order valence-electron chi connectivity index (χ4n) is 2.22. The monoisotopic (exact) mass is 272 g/mol. The molecule has 0 saturated heterocycles. The van der Waals surface area contributed by atoms with E-state index in [-0.39, 0.29) is 0 Å². The molecule has 0 fully saturated rings. The highest BCUT2D eigenvalue weighted by Gasteiger charge is 2.26. The molecule has 0 amide bonds. The quantitative estimate of drug-likeness (QED) is 0.600. The van der Waals surface area contributed by atoms with Crippen molar-refractivity contribution in [3.8, 4) is 0 Å². The summed E-state index contributed by atoms with van der Waals surface area (Å²) in [6.07, 6.45) is 2.42. The van der Waals surface area contributed by atoms with Crippen molar-refractivity contribution in [3.05, 3.63) is 0 Å². The maximum Gasteiger partial charge on any atom is 0.323 e. The number of unbranched alkanes of at least 4 members (excludes halogenated alkanes) is 1. The topological polar surface area (TPSA) is 66.6 Å². The van der Waals surface area contributed by atoms with E-state index in [2.05, 4.69) is 32.6 Å². The van der Waals surface area contributed by atoms with Crippen molar-refractivity contribution in [3.63, 3.8) is 0 Å². The van der Waals surface area contributed by atoms with Crippen LogP contribution in [0.4, 0.5) is 0 Å². The number of rotatable bonds is 10. The average Bonchev–Trinajstić information content (AvgIpc) is 2.22. The summed E-state index contributed by atoms with van der Waals surface area (Å²) in [4.78, 5) is 13.4. The number of nitrogens with zero attached hydrogens (tertiary/aromatic N) is 1. The highest BCUT2D eigenvalue weighted by atomic mass is 16.4. The molecule has 0 heterocycles. The van der Waals surface area contributed by atoms with Gasteiger partial charge in [-0.3, -0.25) is 4.79 Å². The lowest BCUT2D eigenvalue weighted by Gasteiger charge is -2.26. The van der Waals surface area contributed by atoms with Crippen molar-refractivity contribution in [2.75, 3.05) is 19.6 Å². The van der Waals surface area contributed by atoms with Gasteiger partial charge in [-0.05, 0) is 44.6 Å². The highest BCUT2D eigenvalue weighted by Crippen LogP contribution is 2.12. The van der Waals surface area contributed by atoms with Crippen LogP contribution in [0.1, 0.15) is 53.9 Å². The summed E-state index contributed by atoms with van der Waals surface area (Å²) in [6, 6.07) is 0. The second-order valence-corrected chi connectivity index (χ2v) is 6.73. The smallest absolute Gasteiger partial charge is 0.323 e. The zero-order valence-corrected chi connectivity index (χ0v) is 13.3. The standard InChI is InChI=1S/C15H32N2O2/c1-12(2)10-17(11-13(3)4)9-7-6-8-15(5,16)14(18)19/h12-13H,6-11,16H2,1-5H3,(H,18,19). The number of carboxylic acid groups (broad SMARTS) is 1. The van der Waals surface area contributed by atoms with E-state index in [9.17, 15) is 4.79 Å². The van der Waals surface area contributed by atoms with E-state index in [0.717, 1.165) is 32.5 Å². The van der Waals surface area contributed by atoms with Gasteiger partial charge in [0.15, 0.2) is 0 Å². The molecule has 4 heteroatoms. The molecule has 0 aromatic rings. The lowest BCUT2D eigenvalue weighted by atomic mass is 9.96. The minimum absolute atomic E-state index is 0.541. The minimum atomic E-state index is -1.08. The van der Waals surface area contributed by atoms with Gasteiger partial charge in [0, 0.05) is 13.1 Å². The largest absolute Gasteiger partial charge is 0.480 e. The molecule has 4 nitrogen and oxygen atoms in total. The number of hydrogen-bond donors (Lipinski definition) is 2. The molecule has 0 aliphatic heterocycles. The second kappa shape index (κ2) is 8.54. The normalized spacial score (nSPS) is 15.2. The third kappa shape index (κ3) is 9.00. The predicted molar refractivity (Wildman–Crippen MR) is 80.2 cm³/mol. The lowest BCUT2D eigenvalue weighted by Crippen LogP contribution is -2.44. The van der Waals surface area contributed by atoms with Crippen molar-refractivity contribution in [2.45, 2.75) is 59.4 Å². The first-order valence-electron chi connectivity index (χ1n) is 7.39. The predicted octanol–water partition coefficient (Wildman–Crippen LogP) is 2.57. The number of carbonyl (C=O) groups is 1. The summed E-state index contributed by atoms with van der Waals surface area (Å²) < 4.78 is 0. The molecular weight excluding hydrogens is 240 g/mol. The molecule has 0 aromatic heterocycles. The van der Waals surface area contributed by atoms with E-state index in [1.165, 1.54) is 0 Å². The Morgan fingerprint density at radius 3 is 2.00 bits per heavy atom. The molecule has 1 atom stereocenters. The van der Waals surface area contributed by atoms with Crippen LogP contribution in [0.25, 0.3) is 0 Å². The first-order chi connectivity index (χ1) is 8.65. The Morgan fingerprint density at radius 1 is 1.16 bits per heavy atom. The van der Waals surface area contributed by atoms with Gasteiger partial charge in [-0.2, -0.15) is 0 Å². The lowest BCUT2D eigenvalue weighted by molar-refractivity contribution is -0.142. The van der Waals surface area contributed by atoms with Crippen molar-refractivity contribution in [1.29, 1.82) is 0 Å². The second-order valence-electron chi connectivity index (χ2n) is 6.73. The Kier molecular flexibility index (Phi) is 8.26. The summed E-state index contributed by atoms with van der Waals surface area (Å²) in [7, 11) is 0. The first kappa shape index (κ1) is 18.4. The molecule has 0 radical (unpaired) electrons.